The van der Waals surface area contributed by atoms with Gasteiger partial charge < -0.3 is 10.6 Å². The molecule has 0 saturated heterocycles. The second-order valence-electron chi connectivity index (χ2n) is 6.12. The molecular formula is C18H20N2O3S. The van der Waals surface area contributed by atoms with Crippen molar-refractivity contribution in [1.82, 2.24) is 5.32 Å². The summed E-state index contributed by atoms with van der Waals surface area (Å²) in [5.74, 6) is 0.720. The SMILES string of the molecule is CS(=O)(=O)c1cccc(NC(=O)NCc2ccc(C3CC3)cc2)c1. The van der Waals surface area contributed by atoms with Crippen LogP contribution in [0.2, 0.25) is 0 Å². The highest BCUT2D eigenvalue weighted by Gasteiger charge is 2.22. The first-order valence-corrected chi connectivity index (χ1v) is 9.75. The summed E-state index contributed by atoms with van der Waals surface area (Å²) in [5, 5.41) is 5.42. The molecule has 5 nitrogen and oxygen atoms in total. The van der Waals surface area contributed by atoms with Crippen LogP contribution in [0, 0.1) is 0 Å². The topological polar surface area (TPSA) is 75.3 Å². The Hall–Kier alpha value is -2.34. The van der Waals surface area contributed by atoms with Crippen molar-refractivity contribution >= 4 is 21.6 Å². The van der Waals surface area contributed by atoms with Gasteiger partial charge in [0.25, 0.3) is 0 Å². The maximum Gasteiger partial charge on any atom is 0.319 e. The van der Waals surface area contributed by atoms with Crippen molar-refractivity contribution in [2.75, 3.05) is 11.6 Å². The Morgan fingerprint density at radius 1 is 1.12 bits per heavy atom. The molecule has 126 valence electrons. The minimum absolute atomic E-state index is 0.177. The number of hydrogen-bond acceptors (Lipinski definition) is 3. The van der Waals surface area contributed by atoms with E-state index in [1.165, 1.54) is 30.5 Å². The molecule has 0 heterocycles. The normalized spacial score (nSPS) is 14.2. The van der Waals surface area contributed by atoms with Gasteiger partial charge in [0.1, 0.15) is 0 Å². The molecule has 1 saturated carbocycles. The predicted molar refractivity (Wildman–Crippen MR) is 93.8 cm³/mol. The summed E-state index contributed by atoms with van der Waals surface area (Å²) in [6.45, 7) is 0.419. The predicted octanol–water partition coefficient (Wildman–Crippen LogP) is 3.29. The Labute approximate surface area is 142 Å². The third-order valence-corrected chi connectivity index (χ3v) is 5.11. The van der Waals surface area contributed by atoms with Crippen molar-refractivity contribution in [3.8, 4) is 0 Å². The average Bonchev–Trinajstić information content (AvgIpc) is 3.38. The van der Waals surface area contributed by atoms with E-state index in [4.69, 9.17) is 0 Å². The Morgan fingerprint density at radius 2 is 1.83 bits per heavy atom. The minimum atomic E-state index is -3.29. The molecule has 3 rings (SSSR count). The van der Waals surface area contributed by atoms with Crippen molar-refractivity contribution in [3.05, 3.63) is 59.7 Å². The zero-order valence-corrected chi connectivity index (χ0v) is 14.3. The van der Waals surface area contributed by atoms with E-state index in [1.807, 2.05) is 12.1 Å². The van der Waals surface area contributed by atoms with Crippen molar-refractivity contribution in [2.24, 2.45) is 0 Å². The van der Waals surface area contributed by atoms with E-state index in [2.05, 4.69) is 22.8 Å². The van der Waals surface area contributed by atoms with Crippen LogP contribution in [0.1, 0.15) is 29.9 Å². The molecule has 0 unspecified atom stereocenters. The number of anilines is 1. The van der Waals surface area contributed by atoms with Gasteiger partial charge in [-0.2, -0.15) is 0 Å². The third kappa shape index (κ3) is 4.35. The van der Waals surface area contributed by atoms with Crippen LogP contribution in [0.3, 0.4) is 0 Å². The molecule has 2 aromatic rings. The second-order valence-corrected chi connectivity index (χ2v) is 8.14. The molecule has 24 heavy (non-hydrogen) atoms. The molecule has 0 bridgehead atoms. The molecule has 2 aromatic carbocycles. The highest BCUT2D eigenvalue weighted by Crippen LogP contribution is 2.39. The molecule has 2 N–H and O–H groups in total. The zero-order valence-electron chi connectivity index (χ0n) is 13.5. The molecule has 1 fully saturated rings. The van der Waals surface area contributed by atoms with E-state index in [-0.39, 0.29) is 10.9 Å². The number of urea groups is 1. The van der Waals surface area contributed by atoms with E-state index >= 15 is 0 Å². The molecule has 1 aliphatic rings. The maximum atomic E-state index is 12.0. The monoisotopic (exact) mass is 344 g/mol. The lowest BCUT2D eigenvalue weighted by molar-refractivity contribution is 0.251. The van der Waals surface area contributed by atoms with Gasteiger partial charge in [0.05, 0.1) is 4.90 Å². The van der Waals surface area contributed by atoms with Crippen LogP contribution < -0.4 is 10.6 Å². The quantitative estimate of drug-likeness (QED) is 0.874. The molecule has 0 radical (unpaired) electrons. The number of rotatable bonds is 5. The standard InChI is InChI=1S/C18H20N2O3S/c1-24(22,23)17-4-2-3-16(11-17)20-18(21)19-12-13-5-7-14(8-6-13)15-9-10-15/h2-8,11,15H,9-10,12H2,1H3,(H2,19,20,21). The van der Waals surface area contributed by atoms with Crippen LogP contribution in [0.25, 0.3) is 0 Å². The van der Waals surface area contributed by atoms with E-state index < -0.39 is 9.84 Å². The van der Waals surface area contributed by atoms with Crippen LogP contribution >= 0.6 is 0 Å². The maximum absolute atomic E-state index is 12.0. The minimum Gasteiger partial charge on any atom is -0.334 e. The molecule has 0 aliphatic heterocycles. The number of carbonyl (C=O) groups is 1. The first-order chi connectivity index (χ1) is 11.4. The number of carbonyl (C=O) groups excluding carboxylic acids is 1. The molecular weight excluding hydrogens is 324 g/mol. The van der Waals surface area contributed by atoms with Crippen molar-refractivity contribution in [1.29, 1.82) is 0 Å². The average molecular weight is 344 g/mol. The van der Waals surface area contributed by atoms with Gasteiger partial charge >= 0.3 is 6.03 Å². The highest BCUT2D eigenvalue weighted by molar-refractivity contribution is 7.90. The van der Waals surface area contributed by atoms with Gasteiger partial charge in [-0.3, -0.25) is 0 Å². The van der Waals surface area contributed by atoms with Crippen LogP contribution in [0.15, 0.2) is 53.4 Å². The van der Waals surface area contributed by atoms with Gasteiger partial charge in [-0.05, 0) is 48.1 Å². The fraction of sp³-hybridized carbons (Fsp3) is 0.278. The van der Waals surface area contributed by atoms with Crippen LogP contribution in [0.5, 0.6) is 0 Å². The van der Waals surface area contributed by atoms with E-state index in [1.54, 1.807) is 12.1 Å². The highest BCUT2D eigenvalue weighted by atomic mass is 32.2. The number of hydrogen-bond donors (Lipinski definition) is 2. The molecule has 0 aromatic heterocycles. The number of nitrogens with one attached hydrogen (secondary N) is 2. The Morgan fingerprint density at radius 3 is 2.46 bits per heavy atom. The summed E-state index contributed by atoms with van der Waals surface area (Å²) in [4.78, 5) is 12.1. The number of benzene rings is 2. The first kappa shape index (κ1) is 16.5. The van der Waals surface area contributed by atoms with Crippen LogP contribution in [-0.4, -0.2) is 20.7 Å². The zero-order chi connectivity index (χ0) is 17.2. The number of amides is 2. The molecule has 1 aliphatic carbocycles. The summed E-state index contributed by atoms with van der Waals surface area (Å²) >= 11 is 0. The third-order valence-electron chi connectivity index (χ3n) is 4.00. The molecule has 0 spiro atoms. The van der Waals surface area contributed by atoms with Gasteiger partial charge in [0, 0.05) is 18.5 Å². The lowest BCUT2D eigenvalue weighted by atomic mass is 10.1. The number of sulfone groups is 1. The van der Waals surface area contributed by atoms with Gasteiger partial charge in [-0.25, -0.2) is 13.2 Å². The summed E-state index contributed by atoms with van der Waals surface area (Å²) in [5.41, 5.74) is 2.83. The smallest absolute Gasteiger partial charge is 0.319 e. The lowest BCUT2D eigenvalue weighted by Crippen LogP contribution is -2.28. The van der Waals surface area contributed by atoms with Gasteiger partial charge in [-0.15, -0.1) is 0 Å². The first-order valence-electron chi connectivity index (χ1n) is 7.85. The summed E-state index contributed by atoms with van der Waals surface area (Å²) in [7, 11) is -3.29. The Kier molecular flexibility index (Phi) is 4.57. The summed E-state index contributed by atoms with van der Waals surface area (Å²) < 4.78 is 23.1. The molecule has 0 atom stereocenters. The Balaban J connectivity index is 1.55. The van der Waals surface area contributed by atoms with E-state index in [9.17, 15) is 13.2 Å². The largest absolute Gasteiger partial charge is 0.334 e. The van der Waals surface area contributed by atoms with Crippen molar-refractivity contribution in [2.45, 2.75) is 30.2 Å². The lowest BCUT2D eigenvalue weighted by Gasteiger charge is -2.09. The van der Waals surface area contributed by atoms with Crippen molar-refractivity contribution in [3.63, 3.8) is 0 Å². The Bertz CT molecular complexity index is 841. The van der Waals surface area contributed by atoms with Gasteiger partial charge in [0.15, 0.2) is 9.84 Å². The summed E-state index contributed by atoms with van der Waals surface area (Å²) in [6, 6.07) is 14.1. The van der Waals surface area contributed by atoms with Gasteiger partial charge in [0.2, 0.25) is 0 Å². The van der Waals surface area contributed by atoms with E-state index in [0.717, 1.165) is 17.7 Å². The summed E-state index contributed by atoms with van der Waals surface area (Å²) in [6.07, 6.45) is 3.68. The van der Waals surface area contributed by atoms with Crippen LogP contribution in [0.4, 0.5) is 10.5 Å². The fourth-order valence-electron chi connectivity index (χ4n) is 2.49. The molecule has 2 amide bonds. The van der Waals surface area contributed by atoms with E-state index in [0.29, 0.717) is 12.2 Å². The van der Waals surface area contributed by atoms with Gasteiger partial charge in [-0.1, -0.05) is 30.3 Å². The second kappa shape index (κ2) is 6.65. The van der Waals surface area contributed by atoms with Crippen LogP contribution in [-0.2, 0) is 16.4 Å². The fourth-order valence-corrected chi connectivity index (χ4v) is 3.15. The van der Waals surface area contributed by atoms with Crippen molar-refractivity contribution < 1.29 is 13.2 Å². The molecule has 6 heteroatoms.